The van der Waals surface area contributed by atoms with Gasteiger partial charge in [0.05, 0.1) is 11.6 Å². The van der Waals surface area contributed by atoms with Crippen LogP contribution in [0.4, 0.5) is 5.82 Å². The maximum Gasteiger partial charge on any atom is 0.163 e. The third-order valence-electron chi connectivity index (χ3n) is 2.97. The summed E-state index contributed by atoms with van der Waals surface area (Å²) in [5.41, 5.74) is 0.997. The summed E-state index contributed by atoms with van der Waals surface area (Å²) in [7, 11) is 3.93. The second-order valence-corrected chi connectivity index (χ2v) is 5.80. The van der Waals surface area contributed by atoms with Crippen molar-refractivity contribution >= 4 is 16.9 Å². The molecule has 6 heteroatoms. The van der Waals surface area contributed by atoms with Crippen molar-refractivity contribution in [3.8, 4) is 0 Å². The fourth-order valence-corrected chi connectivity index (χ4v) is 1.96. The number of rotatable bonds is 4. The molecule has 0 spiro atoms. The highest BCUT2D eigenvalue weighted by molar-refractivity contribution is 5.86. The summed E-state index contributed by atoms with van der Waals surface area (Å²) < 4.78 is 1.77. The molecule has 6 nitrogen and oxygen atoms in total. The van der Waals surface area contributed by atoms with Crippen LogP contribution in [0, 0.1) is 0 Å². The van der Waals surface area contributed by atoms with Crippen LogP contribution in [0.15, 0.2) is 12.5 Å². The molecule has 0 aliphatic carbocycles. The minimum Gasteiger partial charge on any atom is -0.358 e. The molecular weight excluding hydrogens is 240 g/mol. The summed E-state index contributed by atoms with van der Waals surface area (Å²) in [6.07, 6.45) is 3.41. The lowest BCUT2D eigenvalue weighted by molar-refractivity contribution is 0.430. The van der Waals surface area contributed by atoms with Crippen molar-refractivity contribution < 1.29 is 0 Å². The van der Waals surface area contributed by atoms with Gasteiger partial charge in [-0.1, -0.05) is 0 Å². The van der Waals surface area contributed by atoms with E-state index in [0.717, 1.165) is 29.9 Å². The molecule has 0 saturated heterocycles. The minimum absolute atomic E-state index is 0.135. The Kier molecular flexibility index (Phi) is 3.71. The highest BCUT2D eigenvalue weighted by Crippen LogP contribution is 2.20. The Hall–Kier alpha value is -1.69. The first-order chi connectivity index (χ1) is 8.88. The lowest BCUT2D eigenvalue weighted by Crippen LogP contribution is -2.40. The molecule has 2 rings (SSSR count). The molecule has 1 N–H and O–H groups in total. The maximum absolute atomic E-state index is 4.37. The van der Waals surface area contributed by atoms with Crippen LogP contribution in [0.1, 0.15) is 20.8 Å². The Morgan fingerprint density at radius 1 is 1.32 bits per heavy atom. The Morgan fingerprint density at radius 3 is 2.74 bits per heavy atom. The zero-order valence-corrected chi connectivity index (χ0v) is 12.3. The molecule has 2 aromatic heterocycles. The molecule has 2 aromatic rings. The third kappa shape index (κ3) is 3.20. The average molecular weight is 262 g/mol. The largest absolute Gasteiger partial charge is 0.358 e. The van der Waals surface area contributed by atoms with E-state index in [1.807, 2.05) is 20.3 Å². The zero-order valence-electron chi connectivity index (χ0n) is 12.3. The van der Waals surface area contributed by atoms with E-state index in [9.17, 15) is 0 Å². The molecular formula is C13H22N6. The van der Waals surface area contributed by atoms with Gasteiger partial charge in [-0.3, -0.25) is 4.68 Å². The Labute approximate surface area is 113 Å². The van der Waals surface area contributed by atoms with Gasteiger partial charge < -0.3 is 10.2 Å². The van der Waals surface area contributed by atoms with Crippen LogP contribution in [0.25, 0.3) is 11.0 Å². The number of nitrogens with one attached hydrogen (secondary N) is 1. The molecule has 0 bridgehead atoms. The number of fused-ring (bicyclic) bond motifs is 1. The van der Waals surface area contributed by atoms with Crippen LogP contribution >= 0.6 is 0 Å². The van der Waals surface area contributed by atoms with E-state index in [2.05, 4.69) is 46.1 Å². The maximum atomic E-state index is 4.37. The highest BCUT2D eigenvalue weighted by Gasteiger charge is 2.13. The van der Waals surface area contributed by atoms with Crippen molar-refractivity contribution in [2.24, 2.45) is 7.05 Å². The molecule has 19 heavy (non-hydrogen) atoms. The van der Waals surface area contributed by atoms with E-state index < -0.39 is 0 Å². The van der Waals surface area contributed by atoms with Gasteiger partial charge in [-0.15, -0.1) is 0 Å². The van der Waals surface area contributed by atoms with Gasteiger partial charge in [-0.25, -0.2) is 9.97 Å². The fourth-order valence-electron chi connectivity index (χ4n) is 1.96. The summed E-state index contributed by atoms with van der Waals surface area (Å²) in [5, 5.41) is 8.69. The monoisotopic (exact) mass is 262 g/mol. The molecule has 0 saturated carbocycles. The smallest absolute Gasteiger partial charge is 0.163 e. The van der Waals surface area contributed by atoms with Crippen molar-refractivity contribution in [3.63, 3.8) is 0 Å². The van der Waals surface area contributed by atoms with Gasteiger partial charge in [-0.2, -0.15) is 5.10 Å². The average Bonchev–Trinajstić information content (AvgIpc) is 2.69. The van der Waals surface area contributed by atoms with Crippen molar-refractivity contribution in [1.29, 1.82) is 0 Å². The molecule has 0 aliphatic heterocycles. The molecule has 0 radical (unpaired) electrons. The van der Waals surface area contributed by atoms with Gasteiger partial charge in [0, 0.05) is 32.7 Å². The van der Waals surface area contributed by atoms with Crippen molar-refractivity contribution in [2.45, 2.75) is 26.3 Å². The van der Waals surface area contributed by atoms with Crippen LogP contribution in [0.2, 0.25) is 0 Å². The summed E-state index contributed by atoms with van der Waals surface area (Å²) in [4.78, 5) is 10.7. The SMILES string of the molecule is CN(CCNC(C)(C)C)c1ncnc2c1cnn2C. The first kappa shape index (κ1) is 13.7. The molecule has 0 unspecified atom stereocenters. The molecule has 2 heterocycles. The van der Waals surface area contributed by atoms with Crippen LogP contribution in [-0.4, -0.2) is 45.4 Å². The molecule has 0 atom stereocenters. The minimum atomic E-state index is 0.135. The van der Waals surface area contributed by atoms with E-state index >= 15 is 0 Å². The summed E-state index contributed by atoms with van der Waals surface area (Å²) in [6.45, 7) is 8.29. The van der Waals surface area contributed by atoms with Crippen LogP contribution in [0.5, 0.6) is 0 Å². The standard InChI is InChI=1S/C13H22N6/c1-13(2,3)16-6-7-18(4)11-10-8-17-19(5)12(10)15-9-14-11/h8-9,16H,6-7H2,1-5H3. The van der Waals surface area contributed by atoms with Gasteiger partial charge in [0.15, 0.2) is 5.65 Å². The second kappa shape index (κ2) is 5.13. The topological polar surface area (TPSA) is 58.9 Å². The normalized spacial score (nSPS) is 12.1. The third-order valence-corrected chi connectivity index (χ3v) is 2.97. The molecule has 0 fully saturated rings. The molecule has 0 aliphatic rings. The predicted molar refractivity (Wildman–Crippen MR) is 77.3 cm³/mol. The Bertz CT molecular complexity index is 554. The number of anilines is 1. The zero-order chi connectivity index (χ0) is 14.0. The lowest BCUT2D eigenvalue weighted by Gasteiger charge is -2.24. The fraction of sp³-hybridized carbons (Fsp3) is 0.615. The Balaban J connectivity index is 2.11. The first-order valence-corrected chi connectivity index (χ1v) is 6.47. The number of hydrogen-bond acceptors (Lipinski definition) is 5. The van der Waals surface area contributed by atoms with Gasteiger partial charge in [0.25, 0.3) is 0 Å². The van der Waals surface area contributed by atoms with Crippen molar-refractivity contribution in [3.05, 3.63) is 12.5 Å². The number of hydrogen-bond donors (Lipinski definition) is 1. The highest BCUT2D eigenvalue weighted by atomic mass is 15.3. The number of aromatic nitrogens is 4. The van der Waals surface area contributed by atoms with Crippen molar-refractivity contribution in [2.75, 3.05) is 25.0 Å². The molecule has 0 amide bonds. The predicted octanol–water partition coefficient (Wildman–Crippen LogP) is 1.19. The summed E-state index contributed by atoms with van der Waals surface area (Å²) in [6, 6.07) is 0. The summed E-state index contributed by atoms with van der Waals surface area (Å²) in [5.74, 6) is 0.925. The number of aryl methyl sites for hydroxylation is 1. The van der Waals surface area contributed by atoms with Crippen LogP contribution < -0.4 is 10.2 Å². The lowest BCUT2D eigenvalue weighted by atomic mass is 10.1. The first-order valence-electron chi connectivity index (χ1n) is 6.47. The van der Waals surface area contributed by atoms with Crippen molar-refractivity contribution in [1.82, 2.24) is 25.1 Å². The number of likely N-dealkylation sites (N-methyl/N-ethyl adjacent to an activating group) is 1. The van der Waals surface area contributed by atoms with Gasteiger partial charge in [0.1, 0.15) is 12.1 Å². The van der Waals surface area contributed by atoms with Crippen LogP contribution in [-0.2, 0) is 7.05 Å². The quantitative estimate of drug-likeness (QED) is 0.897. The van der Waals surface area contributed by atoms with Gasteiger partial charge in [0.2, 0.25) is 0 Å². The van der Waals surface area contributed by atoms with Crippen LogP contribution in [0.3, 0.4) is 0 Å². The second-order valence-electron chi connectivity index (χ2n) is 5.80. The van der Waals surface area contributed by atoms with Gasteiger partial charge in [-0.05, 0) is 20.8 Å². The van der Waals surface area contributed by atoms with E-state index in [1.54, 1.807) is 11.0 Å². The number of nitrogens with zero attached hydrogens (tertiary/aromatic N) is 5. The van der Waals surface area contributed by atoms with E-state index in [-0.39, 0.29) is 5.54 Å². The Morgan fingerprint density at radius 2 is 2.05 bits per heavy atom. The molecule has 0 aromatic carbocycles. The van der Waals surface area contributed by atoms with E-state index in [1.165, 1.54) is 0 Å². The summed E-state index contributed by atoms with van der Waals surface area (Å²) >= 11 is 0. The molecule has 104 valence electrons. The van der Waals surface area contributed by atoms with E-state index in [0.29, 0.717) is 0 Å². The van der Waals surface area contributed by atoms with E-state index in [4.69, 9.17) is 0 Å². The van der Waals surface area contributed by atoms with Gasteiger partial charge >= 0.3 is 0 Å².